The van der Waals surface area contributed by atoms with Gasteiger partial charge >= 0.3 is 0 Å². The second-order valence-electron chi connectivity index (χ2n) is 3.59. The van der Waals surface area contributed by atoms with E-state index in [1.165, 1.54) is 0 Å². The predicted molar refractivity (Wildman–Crippen MR) is 59.6 cm³/mol. The van der Waals surface area contributed by atoms with Gasteiger partial charge in [0.05, 0.1) is 6.10 Å². The van der Waals surface area contributed by atoms with Crippen LogP contribution in [0.2, 0.25) is 0 Å². The second-order valence-corrected chi connectivity index (χ2v) is 4.81. The summed E-state index contributed by atoms with van der Waals surface area (Å²) in [6, 6.07) is 1.93. The van der Waals surface area contributed by atoms with Crippen LogP contribution in [0.4, 0.5) is 0 Å². The standard InChI is InChI=1S/C10H15N3OS/c1-7-9(3-5-14-7)15-10-8(6-11)2-4-12-13-10/h2,4,7,9H,3,5-6,11H2,1H3. The van der Waals surface area contributed by atoms with Gasteiger partial charge in [0.25, 0.3) is 0 Å². The lowest BCUT2D eigenvalue weighted by molar-refractivity contribution is 0.127. The van der Waals surface area contributed by atoms with Gasteiger partial charge < -0.3 is 10.5 Å². The molecule has 2 heterocycles. The van der Waals surface area contributed by atoms with E-state index in [1.54, 1.807) is 18.0 Å². The van der Waals surface area contributed by atoms with Gasteiger partial charge in [0.15, 0.2) is 0 Å². The Labute approximate surface area is 93.6 Å². The van der Waals surface area contributed by atoms with E-state index < -0.39 is 0 Å². The maximum Gasteiger partial charge on any atom is 0.124 e. The molecule has 2 atom stereocenters. The highest BCUT2D eigenvalue weighted by atomic mass is 32.2. The third-order valence-electron chi connectivity index (χ3n) is 2.56. The Balaban J connectivity index is 2.09. The van der Waals surface area contributed by atoms with E-state index in [9.17, 15) is 0 Å². The molecule has 2 N–H and O–H groups in total. The van der Waals surface area contributed by atoms with Gasteiger partial charge in [-0.15, -0.1) is 5.10 Å². The molecule has 4 nitrogen and oxygen atoms in total. The number of rotatable bonds is 3. The molecule has 1 fully saturated rings. The Kier molecular flexibility index (Phi) is 3.56. The first-order chi connectivity index (χ1) is 7.31. The summed E-state index contributed by atoms with van der Waals surface area (Å²) in [4.78, 5) is 0. The van der Waals surface area contributed by atoms with Crippen LogP contribution in [0.5, 0.6) is 0 Å². The Hall–Kier alpha value is -0.650. The fourth-order valence-corrected chi connectivity index (χ4v) is 2.78. The molecule has 82 valence electrons. The molecule has 0 bridgehead atoms. The van der Waals surface area contributed by atoms with Crippen molar-refractivity contribution >= 4 is 11.8 Å². The number of ether oxygens (including phenoxy) is 1. The van der Waals surface area contributed by atoms with Gasteiger partial charge in [0.2, 0.25) is 0 Å². The van der Waals surface area contributed by atoms with Gasteiger partial charge in [-0.3, -0.25) is 0 Å². The summed E-state index contributed by atoms with van der Waals surface area (Å²) in [6.45, 7) is 3.46. The van der Waals surface area contributed by atoms with E-state index in [0.29, 0.717) is 17.9 Å². The average molecular weight is 225 g/mol. The van der Waals surface area contributed by atoms with Crippen LogP contribution in [0.1, 0.15) is 18.9 Å². The first-order valence-corrected chi connectivity index (χ1v) is 5.98. The minimum Gasteiger partial charge on any atom is -0.377 e. The number of nitrogens with zero attached hydrogens (tertiary/aromatic N) is 2. The highest BCUT2D eigenvalue weighted by molar-refractivity contribution is 8.00. The summed E-state index contributed by atoms with van der Waals surface area (Å²) < 4.78 is 5.51. The van der Waals surface area contributed by atoms with E-state index in [-0.39, 0.29) is 0 Å². The van der Waals surface area contributed by atoms with Crippen molar-refractivity contribution < 1.29 is 4.74 Å². The average Bonchev–Trinajstić information content (AvgIpc) is 2.65. The molecular weight excluding hydrogens is 210 g/mol. The largest absolute Gasteiger partial charge is 0.377 e. The summed E-state index contributed by atoms with van der Waals surface area (Å²) in [5.41, 5.74) is 6.71. The monoisotopic (exact) mass is 225 g/mol. The summed E-state index contributed by atoms with van der Waals surface area (Å²) in [7, 11) is 0. The molecule has 2 unspecified atom stereocenters. The van der Waals surface area contributed by atoms with Crippen LogP contribution in [-0.2, 0) is 11.3 Å². The maximum atomic E-state index is 5.65. The molecule has 0 amide bonds. The number of hydrogen-bond acceptors (Lipinski definition) is 5. The van der Waals surface area contributed by atoms with Crippen LogP contribution in [0.15, 0.2) is 17.3 Å². The fourth-order valence-electron chi connectivity index (χ4n) is 1.61. The highest BCUT2D eigenvalue weighted by Crippen LogP contribution is 2.32. The zero-order chi connectivity index (χ0) is 10.7. The molecule has 1 aliphatic heterocycles. The molecule has 0 aromatic carbocycles. The maximum absolute atomic E-state index is 5.65. The molecule has 15 heavy (non-hydrogen) atoms. The van der Waals surface area contributed by atoms with E-state index in [4.69, 9.17) is 10.5 Å². The van der Waals surface area contributed by atoms with Gasteiger partial charge in [-0.05, 0) is 19.4 Å². The third-order valence-corrected chi connectivity index (χ3v) is 4.04. The molecule has 0 radical (unpaired) electrons. The van der Waals surface area contributed by atoms with Crippen molar-refractivity contribution in [2.45, 2.75) is 36.3 Å². The Morgan fingerprint density at radius 1 is 1.67 bits per heavy atom. The molecule has 0 spiro atoms. The molecule has 2 rings (SSSR count). The molecule has 5 heteroatoms. The van der Waals surface area contributed by atoms with Crippen LogP contribution in [0.3, 0.4) is 0 Å². The number of hydrogen-bond donors (Lipinski definition) is 1. The predicted octanol–water partition coefficient (Wildman–Crippen LogP) is 1.20. The first kappa shape index (κ1) is 10.9. The lowest BCUT2D eigenvalue weighted by Gasteiger charge is -2.13. The quantitative estimate of drug-likeness (QED) is 0.837. The van der Waals surface area contributed by atoms with Crippen molar-refractivity contribution in [3.05, 3.63) is 17.8 Å². The van der Waals surface area contributed by atoms with E-state index >= 15 is 0 Å². The van der Waals surface area contributed by atoms with Crippen molar-refractivity contribution in [3.63, 3.8) is 0 Å². The minimum atomic E-state index is 0.294. The molecule has 1 saturated heterocycles. The molecule has 0 saturated carbocycles. The van der Waals surface area contributed by atoms with Crippen molar-refractivity contribution in [1.29, 1.82) is 0 Å². The number of thioether (sulfide) groups is 1. The zero-order valence-corrected chi connectivity index (χ0v) is 9.54. The van der Waals surface area contributed by atoms with Gasteiger partial charge in [-0.1, -0.05) is 11.8 Å². The Bertz CT molecular complexity index is 334. The minimum absolute atomic E-state index is 0.294. The first-order valence-electron chi connectivity index (χ1n) is 5.10. The summed E-state index contributed by atoms with van der Waals surface area (Å²) in [5.74, 6) is 0. The van der Waals surface area contributed by atoms with Crippen molar-refractivity contribution in [1.82, 2.24) is 10.2 Å². The topological polar surface area (TPSA) is 61.0 Å². The molecular formula is C10H15N3OS. The summed E-state index contributed by atoms with van der Waals surface area (Å²) in [5, 5.41) is 9.44. The summed E-state index contributed by atoms with van der Waals surface area (Å²) >= 11 is 1.73. The summed E-state index contributed by atoms with van der Waals surface area (Å²) in [6.07, 6.45) is 3.05. The third kappa shape index (κ3) is 2.48. The van der Waals surface area contributed by atoms with Crippen LogP contribution < -0.4 is 5.73 Å². The molecule has 0 aliphatic carbocycles. The fraction of sp³-hybridized carbons (Fsp3) is 0.600. The molecule has 1 aliphatic rings. The second kappa shape index (κ2) is 4.92. The number of aromatic nitrogens is 2. The van der Waals surface area contributed by atoms with Crippen molar-refractivity contribution in [3.8, 4) is 0 Å². The van der Waals surface area contributed by atoms with E-state index in [0.717, 1.165) is 23.6 Å². The van der Waals surface area contributed by atoms with Crippen molar-refractivity contribution in [2.24, 2.45) is 5.73 Å². The van der Waals surface area contributed by atoms with E-state index in [1.807, 2.05) is 6.07 Å². The Morgan fingerprint density at radius 2 is 2.53 bits per heavy atom. The Morgan fingerprint density at radius 3 is 3.20 bits per heavy atom. The van der Waals surface area contributed by atoms with Crippen LogP contribution in [-0.4, -0.2) is 28.2 Å². The highest BCUT2D eigenvalue weighted by Gasteiger charge is 2.26. The molecule has 1 aromatic rings. The van der Waals surface area contributed by atoms with Crippen LogP contribution in [0, 0.1) is 0 Å². The normalized spacial score (nSPS) is 25.7. The van der Waals surface area contributed by atoms with Gasteiger partial charge in [-0.25, -0.2) is 0 Å². The lowest BCUT2D eigenvalue weighted by Crippen LogP contribution is -2.14. The van der Waals surface area contributed by atoms with Gasteiger partial charge in [0, 0.05) is 30.2 Å². The van der Waals surface area contributed by atoms with Crippen molar-refractivity contribution in [2.75, 3.05) is 6.61 Å². The van der Waals surface area contributed by atoms with Crippen LogP contribution >= 0.6 is 11.8 Å². The lowest BCUT2D eigenvalue weighted by atomic mass is 10.3. The van der Waals surface area contributed by atoms with E-state index in [2.05, 4.69) is 17.1 Å². The van der Waals surface area contributed by atoms with Crippen LogP contribution in [0.25, 0.3) is 0 Å². The number of nitrogens with two attached hydrogens (primary N) is 1. The zero-order valence-electron chi connectivity index (χ0n) is 8.72. The smallest absolute Gasteiger partial charge is 0.124 e. The SMILES string of the molecule is CC1OCCC1Sc1nnccc1CN. The molecule has 1 aromatic heterocycles. The van der Waals surface area contributed by atoms with Gasteiger partial charge in [-0.2, -0.15) is 5.10 Å². The van der Waals surface area contributed by atoms with Gasteiger partial charge in [0.1, 0.15) is 5.03 Å².